The molecule has 2 N–H and O–H groups in total. The van der Waals surface area contributed by atoms with Gasteiger partial charge in [-0.25, -0.2) is 4.98 Å². The third-order valence-corrected chi connectivity index (χ3v) is 4.63. The van der Waals surface area contributed by atoms with E-state index in [-0.39, 0.29) is 11.8 Å². The van der Waals surface area contributed by atoms with Gasteiger partial charge in [-0.05, 0) is 49.7 Å². The molecule has 0 saturated heterocycles. The summed E-state index contributed by atoms with van der Waals surface area (Å²) in [6, 6.07) is 13.8. The Hall–Kier alpha value is -3.49. The van der Waals surface area contributed by atoms with E-state index >= 15 is 0 Å². The van der Waals surface area contributed by atoms with Crippen molar-refractivity contribution in [3.05, 3.63) is 60.3 Å². The van der Waals surface area contributed by atoms with Gasteiger partial charge in [-0.1, -0.05) is 25.8 Å². The largest absolute Gasteiger partial charge is 0.494 e. The van der Waals surface area contributed by atoms with E-state index in [2.05, 4.69) is 27.5 Å². The molecule has 0 spiro atoms. The van der Waals surface area contributed by atoms with Crippen LogP contribution in [0.25, 0.3) is 0 Å². The molecule has 1 aromatic heterocycles. The zero-order valence-corrected chi connectivity index (χ0v) is 18.6. The molecule has 0 radical (unpaired) electrons. The van der Waals surface area contributed by atoms with Gasteiger partial charge in [-0.15, -0.1) is 0 Å². The summed E-state index contributed by atoms with van der Waals surface area (Å²) in [5.41, 5.74) is 0.0753. The topological polar surface area (TPSA) is 68.3 Å². The van der Waals surface area contributed by atoms with Crippen LogP contribution >= 0.6 is 0 Å². The van der Waals surface area contributed by atoms with Crippen LogP contribution in [0, 0.1) is 0 Å². The molecule has 2 aromatic carbocycles. The zero-order valence-electron chi connectivity index (χ0n) is 18.6. The maximum absolute atomic E-state index is 13.5. The third kappa shape index (κ3) is 7.27. The van der Waals surface area contributed by atoms with Crippen LogP contribution in [0.15, 0.2) is 54.7 Å². The summed E-state index contributed by atoms with van der Waals surface area (Å²) in [7, 11) is 0. The molecule has 0 saturated carbocycles. The minimum absolute atomic E-state index is 0.0306. The maximum Gasteiger partial charge on any atom is 0.421 e. The lowest BCUT2D eigenvalue weighted by atomic mass is 10.2. The van der Waals surface area contributed by atoms with Crippen molar-refractivity contribution in [2.75, 3.05) is 23.8 Å². The first kappa shape index (κ1) is 24.2. The summed E-state index contributed by atoms with van der Waals surface area (Å²) >= 11 is 0. The normalized spacial score (nSPS) is 11.2. The molecule has 1 heterocycles. The van der Waals surface area contributed by atoms with Crippen LogP contribution in [0.5, 0.6) is 11.5 Å². The lowest BCUT2D eigenvalue weighted by Crippen LogP contribution is -2.12. The van der Waals surface area contributed by atoms with Gasteiger partial charge in [0.1, 0.15) is 22.9 Å². The van der Waals surface area contributed by atoms with Crippen molar-refractivity contribution in [1.29, 1.82) is 0 Å². The lowest BCUT2D eigenvalue weighted by Gasteiger charge is -2.15. The second kappa shape index (κ2) is 11.4. The van der Waals surface area contributed by atoms with E-state index in [0.717, 1.165) is 31.2 Å². The van der Waals surface area contributed by atoms with E-state index in [1.807, 2.05) is 6.92 Å². The Balaban J connectivity index is 1.76. The predicted octanol–water partition coefficient (Wildman–Crippen LogP) is 6.95. The monoisotopic (exact) mass is 460 g/mol. The van der Waals surface area contributed by atoms with Crippen molar-refractivity contribution in [3.8, 4) is 11.5 Å². The highest BCUT2D eigenvalue weighted by Gasteiger charge is 2.35. The average Bonchev–Trinajstić information content (AvgIpc) is 2.78. The molecule has 0 aliphatic heterocycles. The molecule has 3 rings (SSSR count). The second-order valence-corrected chi connectivity index (χ2v) is 7.24. The predicted molar refractivity (Wildman–Crippen MR) is 123 cm³/mol. The minimum atomic E-state index is -4.62. The molecular formula is C24H27F3N4O2. The van der Waals surface area contributed by atoms with E-state index in [1.165, 1.54) is 0 Å². The number of benzene rings is 2. The molecular weight excluding hydrogens is 433 g/mol. The number of hydrogen-bond donors (Lipinski definition) is 2. The fourth-order valence-electron chi connectivity index (χ4n) is 3.02. The van der Waals surface area contributed by atoms with E-state index in [4.69, 9.17) is 9.47 Å². The third-order valence-electron chi connectivity index (χ3n) is 4.63. The Morgan fingerprint density at radius 1 is 0.879 bits per heavy atom. The van der Waals surface area contributed by atoms with Crippen LogP contribution < -0.4 is 20.1 Å². The highest BCUT2D eigenvalue weighted by Crippen LogP contribution is 2.35. The molecule has 0 aliphatic carbocycles. The number of aromatic nitrogens is 2. The number of rotatable bonds is 11. The number of alkyl halides is 3. The zero-order chi connectivity index (χ0) is 23.7. The van der Waals surface area contributed by atoms with Gasteiger partial charge in [0.15, 0.2) is 0 Å². The number of hydrogen-bond acceptors (Lipinski definition) is 6. The van der Waals surface area contributed by atoms with Crippen LogP contribution in [0.3, 0.4) is 0 Å². The van der Waals surface area contributed by atoms with Crippen molar-refractivity contribution in [2.24, 2.45) is 0 Å². The highest BCUT2D eigenvalue weighted by molar-refractivity contribution is 5.64. The van der Waals surface area contributed by atoms with Gasteiger partial charge in [-0.2, -0.15) is 18.2 Å². The van der Waals surface area contributed by atoms with Gasteiger partial charge < -0.3 is 20.1 Å². The molecule has 0 unspecified atom stereocenters. The molecule has 176 valence electrons. The molecule has 9 heteroatoms. The SMILES string of the molecule is CCCCCOc1ccc(Nc2ncc(C(F)(F)F)c(Nc3cccc(OCC)c3)n2)cc1. The summed E-state index contributed by atoms with van der Waals surface area (Å²) in [5.74, 6) is 0.939. The van der Waals surface area contributed by atoms with Crippen molar-refractivity contribution < 1.29 is 22.6 Å². The lowest BCUT2D eigenvalue weighted by molar-refractivity contribution is -0.137. The van der Waals surface area contributed by atoms with E-state index in [1.54, 1.807) is 48.5 Å². The molecule has 0 amide bonds. The second-order valence-electron chi connectivity index (χ2n) is 7.24. The molecule has 33 heavy (non-hydrogen) atoms. The first-order chi connectivity index (χ1) is 15.9. The Morgan fingerprint density at radius 2 is 1.67 bits per heavy atom. The van der Waals surface area contributed by atoms with Gasteiger partial charge in [0.25, 0.3) is 0 Å². The number of unbranched alkanes of at least 4 members (excludes halogenated alkanes) is 2. The Morgan fingerprint density at radius 3 is 2.36 bits per heavy atom. The van der Waals surface area contributed by atoms with Crippen LogP contribution in [-0.4, -0.2) is 23.2 Å². The van der Waals surface area contributed by atoms with Crippen LogP contribution in [0.1, 0.15) is 38.7 Å². The quantitative estimate of drug-likeness (QED) is 0.302. The van der Waals surface area contributed by atoms with E-state index in [0.29, 0.717) is 30.3 Å². The van der Waals surface area contributed by atoms with Crippen molar-refractivity contribution >= 4 is 23.1 Å². The van der Waals surface area contributed by atoms with Crippen molar-refractivity contribution in [1.82, 2.24) is 9.97 Å². The minimum Gasteiger partial charge on any atom is -0.494 e. The van der Waals surface area contributed by atoms with Gasteiger partial charge in [0.05, 0.1) is 13.2 Å². The number of nitrogens with one attached hydrogen (secondary N) is 2. The van der Waals surface area contributed by atoms with Gasteiger partial charge in [-0.3, -0.25) is 0 Å². The fourth-order valence-corrected chi connectivity index (χ4v) is 3.02. The van der Waals surface area contributed by atoms with E-state index < -0.39 is 11.7 Å². The Bertz CT molecular complexity index is 1030. The first-order valence-corrected chi connectivity index (χ1v) is 10.8. The molecule has 3 aromatic rings. The number of ether oxygens (including phenoxy) is 2. The van der Waals surface area contributed by atoms with Gasteiger partial charge >= 0.3 is 6.18 Å². The van der Waals surface area contributed by atoms with Crippen LogP contribution in [-0.2, 0) is 6.18 Å². The fraction of sp³-hybridized carbons (Fsp3) is 0.333. The van der Waals surface area contributed by atoms with Crippen LogP contribution in [0.4, 0.5) is 36.3 Å². The summed E-state index contributed by atoms with van der Waals surface area (Å²) in [5, 5.41) is 5.67. The highest BCUT2D eigenvalue weighted by atomic mass is 19.4. The Kier molecular flexibility index (Phi) is 8.34. The Labute approximate surface area is 191 Å². The van der Waals surface area contributed by atoms with Gasteiger partial charge in [0, 0.05) is 23.6 Å². The van der Waals surface area contributed by atoms with Crippen molar-refractivity contribution in [2.45, 2.75) is 39.3 Å². The molecule has 6 nitrogen and oxygen atoms in total. The van der Waals surface area contributed by atoms with Crippen LogP contribution in [0.2, 0.25) is 0 Å². The maximum atomic E-state index is 13.5. The number of nitrogens with zero attached hydrogens (tertiary/aromatic N) is 2. The number of halogens is 3. The smallest absolute Gasteiger partial charge is 0.421 e. The molecule has 0 bridgehead atoms. The summed E-state index contributed by atoms with van der Waals surface area (Å²) in [6.45, 7) is 5.04. The van der Waals surface area contributed by atoms with Gasteiger partial charge in [0.2, 0.25) is 5.95 Å². The standard InChI is InChI=1S/C24H27F3N4O2/c1-3-5-6-14-33-19-12-10-17(11-13-19)30-23-28-16-21(24(25,26)27)22(31-23)29-18-8-7-9-20(15-18)32-4-2/h7-13,15-16H,3-6,14H2,1-2H3,(H2,28,29,30,31). The summed E-state index contributed by atoms with van der Waals surface area (Å²) < 4.78 is 51.7. The first-order valence-electron chi connectivity index (χ1n) is 10.8. The average molecular weight is 461 g/mol. The molecule has 0 atom stereocenters. The van der Waals surface area contributed by atoms with E-state index in [9.17, 15) is 13.2 Å². The summed E-state index contributed by atoms with van der Waals surface area (Å²) in [4.78, 5) is 7.92. The number of anilines is 4. The van der Waals surface area contributed by atoms with Crippen molar-refractivity contribution in [3.63, 3.8) is 0 Å². The molecule has 0 fully saturated rings. The molecule has 0 aliphatic rings. The summed E-state index contributed by atoms with van der Waals surface area (Å²) in [6.07, 6.45) is -0.644.